The number of ether oxygens (including phenoxy) is 1. The van der Waals surface area contributed by atoms with Gasteiger partial charge in [0.15, 0.2) is 0 Å². The molecule has 19 heavy (non-hydrogen) atoms. The number of carbonyl (C=O) groups excluding carboxylic acids is 1. The van der Waals surface area contributed by atoms with Crippen molar-refractivity contribution in [3.63, 3.8) is 0 Å². The average Bonchev–Trinajstić information content (AvgIpc) is 2.48. The summed E-state index contributed by atoms with van der Waals surface area (Å²) in [6.45, 7) is 2.94. The molecule has 104 valence electrons. The molecule has 1 amide bonds. The van der Waals surface area contributed by atoms with Crippen LogP contribution in [-0.4, -0.2) is 25.6 Å². The highest BCUT2D eigenvalue weighted by Gasteiger charge is 2.21. The van der Waals surface area contributed by atoms with E-state index in [0.29, 0.717) is 0 Å². The monoisotopic (exact) mass is 262 g/mol. The molecule has 2 rings (SSSR count). The number of piperidine rings is 1. The highest BCUT2D eigenvalue weighted by Crippen LogP contribution is 2.17. The van der Waals surface area contributed by atoms with Crippen LogP contribution < -0.4 is 15.4 Å². The van der Waals surface area contributed by atoms with E-state index in [9.17, 15) is 4.79 Å². The van der Waals surface area contributed by atoms with Crippen LogP contribution >= 0.6 is 0 Å². The lowest BCUT2D eigenvalue weighted by atomic mass is 10.0. The van der Waals surface area contributed by atoms with Crippen molar-refractivity contribution in [2.75, 3.05) is 13.7 Å². The summed E-state index contributed by atoms with van der Waals surface area (Å²) < 4.78 is 5.13. The SMILES string of the molecule is COc1ccc(C(C)NC(=O)[C@@H]2CCCCN2)cc1. The zero-order valence-electron chi connectivity index (χ0n) is 11.6. The van der Waals surface area contributed by atoms with E-state index in [1.165, 1.54) is 0 Å². The molecule has 2 N–H and O–H groups in total. The molecule has 1 aromatic carbocycles. The van der Waals surface area contributed by atoms with Gasteiger partial charge in [-0.25, -0.2) is 0 Å². The minimum absolute atomic E-state index is 0.0159. The van der Waals surface area contributed by atoms with Crippen LogP contribution in [0.4, 0.5) is 0 Å². The van der Waals surface area contributed by atoms with Gasteiger partial charge in [0.1, 0.15) is 5.75 Å². The Kier molecular flexibility index (Phi) is 4.80. The number of rotatable bonds is 4. The van der Waals surface area contributed by atoms with E-state index in [0.717, 1.165) is 37.1 Å². The second kappa shape index (κ2) is 6.57. The summed E-state index contributed by atoms with van der Waals surface area (Å²) in [6, 6.07) is 7.78. The van der Waals surface area contributed by atoms with Crippen molar-refractivity contribution in [2.24, 2.45) is 0 Å². The van der Waals surface area contributed by atoms with Crippen LogP contribution in [0, 0.1) is 0 Å². The molecule has 0 aromatic heterocycles. The molecule has 1 saturated heterocycles. The molecular formula is C15H22N2O2. The van der Waals surface area contributed by atoms with E-state index in [1.807, 2.05) is 31.2 Å². The number of hydrogen-bond acceptors (Lipinski definition) is 3. The molecular weight excluding hydrogens is 240 g/mol. The summed E-state index contributed by atoms with van der Waals surface area (Å²) in [6.07, 6.45) is 3.22. The van der Waals surface area contributed by atoms with Crippen molar-refractivity contribution in [3.8, 4) is 5.75 Å². The molecule has 0 aliphatic carbocycles. The van der Waals surface area contributed by atoms with Crippen LogP contribution in [0.2, 0.25) is 0 Å². The Balaban J connectivity index is 1.91. The van der Waals surface area contributed by atoms with Crippen molar-refractivity contribution in [2.45, 2.75) is 38.3 Å². The van der Waals surface area contributed by atoms with Gasteiger partial charge < -0.3 is 15.4 Å². The lowest BCUT2D eigenvalue weighted by molar-refractivity contribution is -0.124. The maximum Gasteiger partial charge on any atom is 0.237 e. The zero-order chi connectivity index (χ0) is 13.7. The van der Waals surface area contributed by atoms with Gasteiger partial charge in [0, 0.05) is 0 Å². The van der Waals surface area contributed by atoms with Crippen molar-refractivity contribution in [1.29, 1.82) is 0 Å². The Bertz CT molecular complexity index is 411. The highest BCUT2D eigenvalue weighted by molar-refractivity contribution is 5.82. The van der Waals surface area contributed by atoms with Crippen LogP contribution in [-0.2, 0) is 4.79 Å². The third-order valence-electron chi connectivity index (χ3n) is 3.60. The fourth-order valence-corrected chi connectivity index (χ4v) is 2.37. The first kappa shape index (κ1) is 13.9. The van der Waals surface area contributed by atoms with E-state index in [-0.39, 0.29) is 18.0 Å². The molecule has 4 heteroatoms. The predicted molar refractivity (Wildman–Crippen MR) is 75.2 cm³/mol. The summed E-state index contributed by atoms with van der Waals surface area (Å²) >= 11 is 0. The molecule has 1 aliphatic heterocycles. The van der Waals surface area contributed by atoms with E-state index < -0.39 is 0 Å². The summed E-state index contributed by atoms with van der Waals surface area (Å²) in [4.78, 5) is 12.1. The van der Waals surface area contributed by atoms with Crippen LogP contribution in [0.15, 0.2) is 24.3 Å². The standard InChI is InChI=1S/C15H22N2O2/c1-11(12-6-8-13(19-2)9-7-12)17-15(18)14-5-3-4-10-16-14/h6-9,11,14,16H,3-5,10H2,1-2H3,(H,17,18)/t11?,14-/m0/s1. The topological polar surface area (TPSA) is 50.4 Å². The van der Waals surface area contributed by atoms with Crippen LogP contribution in [0.3, 0.4) is 0 Å². The maximum absolute atomic E-state index is 12.1. The molecule has 1 aliphatic rings. The lowest BCUT2D eigenvalue weighted by Crippen LogP contribution is -2.47. The van der Waals surface area contributed by atoms with E-state index in [1.54, 1.807) is 7.11 Å². The summed E-state index contributed by atoms with van der Waals surface area (Å²) in [5, 5.41) is 6.32. The average molecular weight is 262 g/mol. The molecule has 2 atom stereocenters. The first-order chi connectivity index (χ1) is 9.20. The van der Waals surface area contributed by atoms with Crippen molar-refractivity contribution >= 4 is 5.91 Å². The van der Waals surface area contributed by atoms with Gasteiger partial charge in [0.05, 0.1) is 19.2 Å². The molecule has 1 fully saturated rings. The van der Waals surface area contributed by atoms with Gasteiger partial charge in [-0.15, -0.1) is 0 Å². The molecule has 0 spiro atoms. The van der Waals surface area contributed by atoms with Crippen molar-refractivity contribution < 1.29 is 9.53 Å². The Morgan fingerprint density at radius 1 is 1.37 bits per heavy atom. The van der Waals surface area contributed by atoms with E-state index in [2.05, 4.69) is 10.6 Å². The Hall–Kier alpha value is -1.55. The van der Waals surface area contributed by atoms with Crippen molar-refractivity contribution in [1.82, 2.24) is 10.6 Å². The molecule has 0 saturated carbocycles. The number of amides is 1. The fourth-order valence-electron chi connectivity index (χ4n) is 2.37. The third-order valence-corrected chi connectivity index (χ3v) is 3.60. The van der Waals surface area contributed by atoms with E-state index in [4.69, 9.17) is 4.74 Å². The second-order valence-electron chi connectivity index (χ2n) is 5.01. The number of carbonyl (C=O) groups is 1. The minimum atomic E-state index is -0.0329. The smallest absolute Gasteiger partial charge is 0.237 e. The predicted octanol–water partition coefficient (Wildman–Crippen LogP) is 2.01. The van der Waals surface area contributed by atoms with Crippen LogP contribution in [0.5, 0.6) is 5.75 Å². The highest BCUT2D eigenvalue weighted by atomic mass is 16.5. The molecule has 0 radical (unpaired) electrons. The number of methoxy groups -OCH3 is 1. The zero-order valence-corrected chi connectivity index (χ0v) is 11.6. The van der Waals surface area contributed by atoms with Gasteiger partial charge in [-0.2, -0.15) is 0 Å². The second-order valence-corrected chi connectivity index (χ2v) is 5.01. The van der Waals surface area contributed by atoms with Crippen molar-refractivity contribution in [3.05, 3.63) is 29.8 Å². The Morgan fingerprint density at radius 2 is 2.11 bits per heavy atom. The lowest BCUT2D eigenvalue weighted by Gasteiger charge is -2.24. The van der Waals surface area contributed by atoms with E-state index >= 15 is 0 Å². The molecule has 4 nitrogen and oxygen atoms in total. The summed E-state index contributed by atoms with van der Waals surface area (Å²) in [5.74, 6) is 0.930. The van der Waals surface area contributed by atoms with Gasteiger partial charge in [0.25, 0.3) is 0 Å². The van der Waals surface area contributed by atoms with Gasteiger partial charge in [-0.1, -0.05) is 18.6 Å². The summed E-state index contributed by atoms with van der Waals surface area (Å²) in [7, 11) is 1.65. The molecule has 1 heterocycles. The van der Waals surface area contributed by atoms with Gasteiger partial charge in [0.2, 0.25) is 5.91 Å². The van der Waals surface area contributed by atoms with Gasteiger partial charge in [-0.3, -0.25) is 4.79 Å². The van der Waals surface area contributed by atoms with Gasteiger partial charge in [-0.05, 0) is 44.0 Å². The number of hydrogen-bond donors (Lipinski definition) is 2. The number of nitrogens with one attached hydrogen (secondary N) is 2. The van der Waals surface area contributed by atoms with Crippen LogP contribution in [0.25, 0.3) is 0 Å². The molecule has 1 unspecified atom stereocenters. The first-order valence-electron chi connectivity index (χ1n) is 6.88. The quantitative estimate of drug-likeness (QED) is 0.872. The largest absolute Gasteiger partial charge is 0.497 e. The van der Waals surface area contributed by atoms with Crippen LogP contribution in [0.1, 0.15) is 37.8 Å². The first-order valence-corrected chi connectivity index (χ1v) is 6.88. The maximum atomic E-state index is 12.1. The number of benzene rings is 1. The third kappa shape index (κ3) is 3.70. The fraction of sp³-hybridized carbons (Fsp3) is 0.533. The Labute approximate surface area is 114 Å². The minimum Gasteiger partial charge on any atom is -0.497 e. The Morgan fingerprint density at radius 3 is 2.68 bits per heavy atom. The van der Waals surface area contributed by atoms with Gasteiger partial charge >= 0.3 is 0 Å². The summed E-state index contributed by atoms with van der Waals surface area (Å²) in [5.41, 5.74) is 1.09. The molecule has 1 aromatic rings. The molecule has 0 bridgehead atoms. The normalized spacial score (nSPS) is 20.6.